The number of piperidine rings is 1. The van der Waals surface area contributed by atoms with E-state index in [0.717, 1.165) is 32.4 Å². The van der Waals surface area contributed by atoms with Gasteiger partial charge in [0.25, 0.3) is 10.2 Å². The zero-order chi connectivity index (χ0) is 10.0. The van der Waals surface area contributed by atoms with E-state index in [0.29, 0.717) is 13.1 Å². The molecule has 2 N–H and O–H groups in total. The second-order valence-electron chi connectivity index (χ2n) is 3.94. The maximum absolute atomic E-state index is 11.8. The van der Waals surface area contributed by atoms with Crippen molar-refractivity contribution in [3.05, 3.63) is 0 Å². The van der Waals surface area contributed by atoms with Gasteiger partial charge in [-0.25, -0.2) is 0 Å². The van der Waals surface area contributed by atoms with Crippen molar-refractivity contribution in [2.45, 2.75) is 25.3 Å². The fourth-order valence-corrected chi connectivity index (χ4v) is 3.24. The molecule has 0 aromatic rings. The molecule has 0 unspecified atom stereocenters. The van der Waals surface area contributed by atoms with Crippen molar-refractivity contribution in [2.75, 3.05) is 26.2 Å². The lowest BCUT2D eigenvalue weighted by Crippen LogP contribution is -2.59. The number of hydrogen-bond acceptors (Lipinski definition) is 3. The Morgan fingerprint density at radius 3 is 2.29 bits per heavy atom. The second kappa shape index (κ2) is 4.14. The summed E-state index contributed by atoms with van der Waals surface area (Å²) in [6.45, 7) is 2.87. The third-order valence-electron chi connectivity index (χ3n) is 2.75. The van der Waals surface area contributed by atoms with Gasteiger partial charge >= 0.3 is 0 Å². The van der Waals surface area contributed by atoms with Crippen molar-refractivity contribution >= 4 is 10.2 Å². The summed E-state index contributed by atoms with van der Waals surface area (Å²) in [7, 11) is -3.20. The van der Waals surface area contributed by atoms with Crippen molar-refractivity contribution in [1.29, 1.82) is 0 Å². The molecule has 14 heavy (non-hydrogen) atoms. The predicted octanol–water partition coefficient (Wildman–Crippen LogP) is -0.721. The lowest BCUT2D eigenvalue weighted by atomic mass is 10.2. The summed E-state index contributed by atoms with van der Waals surface area (Å²) in [5.41, 5.74) is 0. The molecule has 0 aromatic carbocycles. The minimum Gasteiger partial charge on any atom is -0.313 e. The van der Waals surface area contributed by atoms with E-state index < -0.39 is 10.2 Å². The Balaban J connectivity index is 1.91. The van der Waals surface area contributed by atoms with Crippen molar-refractivity contribution in [3.8, 4) is 0 Å². The van der Waals surface area contributed by atoms with Crippen LogP contribution in [0, 0.1) is 0 Å². The van der Waals surface area contributed by atoms with E-state index >= 15 is 0 Å². The third kappa shape index (κ3) is 2.25. The zero-order valence-electron chi connectivity index (χ0n) is 8.20. The predicted molar refractivity (Wildman–Crippen MR) is 54.1 cm³/mol. The van der Waals surface area contributed by atoms with Gasteiger partial charge in [-0.1, -0.05) is 6.42 Å². The maximum atomic E-state index is 11.8. The first kappa shape index (κ1) is 10.4. The number of rotatable bonds is 3. The molecule has 2 aliphatic heterocycles. The lowest BCUT2D eigenvalue weighted by molar-refractivity contribution is 0.328. The second-order valence-corrected chi connectivity index (χ2v) is 5.64. The SMILES string of the molecule is O=S(=O)(NC1CNC1)N1CCCCC1. The molecular weight excluding hydrogens is 202 g/mol. The summed E-state index contributed by atoms with van der Waals surface area (Å²) in [5, 5.41) is 3.04. The topological polar surface area (TPSA) is 61.4 Å². The Bertz CT molecular complexity index is 281. The minimum atomic E-state index is -3.20. The number of hydrogen-bond donors (Lipinski definition) is 2. The van der Waals surface area contributed by atoms with Crippen molar-refractivity contribution in [3.63, 3.8) is 0 Å². The van der Waals surface area contributed by atoms with Gasteiger partial charge in [0.15, 0.2) is 0 Å². The molecule has 2 rings (SSSR count). The van der Waals surface area contributed by atoms with Gasteiger partial charge in [0.05, 0.1) is 0 Å². The van der Waals surface area contributed by atoms with Crippen LogP contribution in [0.3, 0.4) is 0 Å². The summed E-state index contributed by atoms with van der Waals surface area (Å²) in [5.74, 6) is 0. The molecule has 0 atom stereocenters. The highest BCUT2D eigenvalue weighted by molar-refractivity contribution is 7.87. The van der Waals surface area contributed by atoms with Gasteiger partial charge < -0.3 is 5.32 Å². The van der Waals surface area contributed by atoms with Crippen molar-refractivity contribution in [2.24, 2.45) is 0 Å². The Kier molecular flexibility index (Phi) is 3.06. The molecule has 0 amide bonds. The average molecular weight is 219 g/mol. The van der Waals surface area contributed by atoms with Crippen LogP contribution < -0.4 is 10.0 Å². The Labute approximate surface area is 85.0 Å². The average Bonchev–Trinajstić information content (AvgIpc) is 2.13. The molecule has 2 heterocycles. The van der Waals surface area contributed by atoms with E-state index in [2.05, 4.69) is 10.0 Å². The van der Waals surface area contributed by atoms with Gasteiger partial charge in [0, 0.05) is 32.2 Å². The fourth-order valence-electron chi connectivity index (χ4n) is 1.76. The number of nitrogens with one attached hydrogen (secondary N) is 2. The fraction of sp³-hybridized carbons (Fsp3) is 1.00. The van der Waals surface area contributed by atoms with Crippen LogP contribution in [0.2, 0.25) is 0 Å². The molecule has 2 aliphatic rings. The largest absolute Gasteiger partial charge is 0.313 e. The summed E-state index contributed by atoms with van der Waals surface area (Å²) >= 11 is 0. The van der Waals surface area contributed by atoms with Crippen LogP contribution in [-0.2, 0) is 10.2 Å². The first-order chi connectivity index (χ1) is 6.68. The van der Waals surface area contributed by atoms with Gasteiger partial charge in [-0.3, -0.25) is 0 Å². The molecule has 0 radical (unpaired) electrons. The normalized spacial score (nSPS) is 26.0. The minimum absolute atomic E-state index is 0.0990. The summed E-state index contributed by atoms with van der Waals surface area (Å²) in [6, 6.07) is 0.0990. The standard InChI is InChI=1S/C8H17N3O2S/c12-14(13,10-8-6-9-7-8)11-4-2-1-3-5-11/h8-10H,1-7H2. The zero-order valence-corrected chi connectivity index (χ0v) is 9.02. The van der Waals surface area contributed by atoms with Crippen LogP contribution in [0.1, 0.15) is 19.3 Å². The molecule has 0 spiro atoms. The van der Waals surface area contributed by atoms with E-state index in [-0.39, 0.29) is 6.04 Å². The molecule has 82 valence electrons. The lowest BCUT2D eigenvalue weighted by Gasteiger charge is -2.32. The molecule has 6 heteroatoms. The van der Waals surface area contributed by atoms with Crippen LogP contribution in [-0.4, -0.2) is 44.9 Å². The molecule has 5 nitrogen and oxygen atoms in total. The molecule has 0 bridgehead atoms. The van der Waals surface area contributed by atoms with E-state index in [4.69, 9.17) is 0 Å². The van der Waals surface area contributed by atoms with Crippen LogP contribution >= 0.6 is 0 Å². The summed E-state index contributed by atoms with van der Waals surface area (Å²) in [6.07, 6.45) is 3.13. The summed E-state index contributed by atoms with van der Waals surface area (Å²) < 4.78 is 27.8. The molecular formula is C8H17N3O2S. The monoisotopic (exact) mass is 219 g/mol. The number of nitrogens with zero attached hydrogens (tertiary/aromatic N) is 1. The van der Waals surface area contributed by atoms with E-state index in [1.54, 1.807) is 4.31 Å². The van der Waals surface area contributed by atoms with Crippen molar-refractivity contribution in [1.82, 2.24) is 14.3 Å². The highest BCUT2D eigenvalue weighted by atomic mass is 32.2. The Hall–Kier alpha value is -0.170. The summed E-state index contributed by atoms with van der Waals surface area (Å²) in [4.78, 5) is 0. The van der Waals surface area contributed by atoms with Gasteiger partial charge in [-0.2, -0.15) is 17.4 Å². The molecule has 0 saturated carbocycles. The van der Waals surface area contributed by atoms with Crippen LogP contribution in [0.15, 0.2) is 0 Å². The van der Waals surface area contributed by atoms with Crippen molar-refractivity contribution < 1.29 is 8.42 Å². The van der Waals surface area contributed by atoms with Crippen LogP contribution in [0.4, 0.5) is 0 Å². The van der Waals surface area contributed by atoms with Gasteiger partial charge in [0.1, 0.15) is 0 Å². The smallest absolute Gasteiger partial charge is 0.279 e. The van der Waals surface area contributed by atoms with Gasteiger partial charge in [-0.05, 0) is 12.8 Å². The Morgan fingerprint density at radius 1 is 1.14 bits per heavy atom. The molecule has 0 aliphatic carbocycles. The highest BCUT2D eigenvalue weighted by Gasteiger charge is 2.28. The molecule has 2 saturated heterocycles. The van der Waals surface area contributed by atoms with E-state index in [1.807, 2.05) is 0 Å². The Morgan fingerprint density at radius 2 is 1.79 bits per heavy atom. The van der Waals surface area contributed by atoms with Gasteiger partial charge in [0.2, 0.25) is 0 Å². The maximum Gasteiger partial charge on any atom is 0.279 e. The quantitative estimate of drug-likeness (QED) is 0.658. The first-order valence-electron chi connectivity index (χ1n) is 5.16. The van der Waals surface area contributed by atoms with E-state index in [9.17, 15) is 8.42 Å². The van der Waals surface area contributed by atoms with Gasteiger partial charge in [-0.15, -0.1) is 0 Å². The van der Waals surface area contributed by atoms with Crippen LogP contribution in [0.5, 0.6) is 0 Å². The molecule has 2 fully saturated rings. The molecule has 0 aromatic heterocycles. The third-order valence-corrected chi connectivity index (χ3v) is 4.43. The van der Waals surface area contributed by atoms with Crippen LogP contribution in [0.25, 0.3) is 0 Å². The highest BCUT2D eigenvalue weighted by Crippen LogP contribution is 2.12. The first-order valence-corrected chi connectivity index (χ1v) is 6.60. The van der Waals surface area contributed by atoms with E-state index in [1.165, 1.54) is 0 Å².